The number of carbonyl (C=O) groups is 3. The van der Waals surface area contributed by atoms with Crippen molar-refractivity contribution in [2.24, 2.45) is 5.92 Å². The first-order chi connectivity index (χ1) is 11.0. The molecule has 1 N–H and O–H groups in total. The largest absolute Gasteiger partial charge is 0.454 e. The summed E-state index contributed by atoms with van der Waals surface area (Å²) < 4.78 is 10.4. The number of ether oxygens (including phenoxy) is 1. The standard InChI is InChI=1S/C15H19BrN2O5/c1-10-3-2-6-18(8-10)13(19)9-22-14(20)7-17-15(21)11-4-5-12(16)23-11/h4-5,10H,2-3,6-9H2,1H3,(H,17,21)/t10-/m1/s1. The monoisotopic (exact) mass is 386 g/mol. The van der Waals surface area contributed by atoms with E-state index in [0.29, 0.717) is 23.7 Å². The molecule has 2 amide bonds. The number of halogens is 1. The van der Waals surface area contributed by atoms with Gasteiger partial charge in [0.2, 0.25) is 0 Å². The number of nitrogens with one attached hydrogen (secondary N) is 1. The van der Waals surface area contributed by atoms with Crippen LogP contribution in [0.3, 0.4) is 0 Å². The topological polar surface area (TPSA) is 88.9 Å². The Kier molecular flexibility index (Phi) is 6.20. The number of hydrogen-bond donors (Lipinski definition) is 1. The van der Waals surface area contributed by atoms with E-state index in [2.05, 4.69) is 28.2 Å². The highest BCUT2D eigenvalue weighted by atomic mass is 79.9. The molecule has 126 valence electrons. The smallest absolute Gasteiger partial charge is 0.325 e. The van der Waals surface area contributed by atoms with Gasteiger partial charge in [0.15, 0.2) is 17.0 Å². The number of likely N-dealkylation sites (tertiary alicyclic amines) is 1. The second-order valence-electron chi connectivity index (χ2n) is 5.53. The Morgan fingerprint density at radius 3 is 2.87 bits per heavy atom. The van der Waals surface area contributed by atoms with E-state index < -0.39 is 11.9 Å². The third-order valence-corrected chi connectivity index (χ3v) is 3.98. The van der Waals surface area contributed by atoms with Crippen molar-refractivity contribution >= 4 is 33.7 Å². The van der Waals surface area contributed by atoms with Crippen LogP contribution in [0.2, 0.25) is 0 Å². The van der Waals surface area contributed by atoms with Gasteiger partial charge in [-0.15, -0.1) is 0 Å². The molecular weight excluding hydrogens is 368 g/mol. The molecule has 1 aliphatic rings. The molecule has 8 heteroatoms. The van der Waals surface area contributed by atoms with Crippen LogP contribution in [-0.2, 0) is 14.3 Å². The number of piperidine rings is 1. The van der Waals surface area contributed by atoms with Crippen LogP contribution in [0.5, 0.6) is 0 Å². The Bertz CT molecular complexity index is 586. The van der Waals surface area contributed by atoms with Crippen LogP contribution in [-0.4, -0.2) is 48.9 Å². The zero-order valence-electron chi connectivity index (χ0n) is 12.8. The van der Waals surface area contributed by atoms with Crippen LogP contribution in [0.4, 0.5) is 0 Å². The summed E-state index contributed by atoms with van der Waals surface area (Å²) in [6.45, 7) is 2.87. The minimum atomic E-state index is -0.664. The predicted molar refractivity (Wildman–Crippen MR) is 84.7 cm³/mol. The lowest BCUT2D eigenvalue weighted by Gasteiger charge is -2.30. The number of carbonyl (C=O) groups excluding carboxylic acids is 3. The summed E-state index contributed by atoms with van der Waals surface area (Å²) >= 11 is 3.08. The van der Waals surface area contributed by atoms with Gasteiger partial charge < -0.3 is 19.4 Å². The van der Waals surface area contributed by atoms with Gasteiger partial charge in [-0.05, 0) is 46.8 Å². The fraction of sp³-hybridized carbons (Fsp3) is 0.533. The Morgan fingerprint density at radius 1 is 1.43 bits per heavy atom. The van der Waals surface area contributed by atoms with Crippen molar-refractivity contribution in [3.8, 4) is 0 Å². The molecule has 0 radical (unpaired) electrons. The van der Waals surface area contributed by atoms with E-state index in [1.54, 1.807) is 11.0 Å². The van der Waals surface area contributed by atoms with Crippen LogP contribution in [0.25, 0.3) is 0 Å². The Morgan fingerprint density at radius 2 is 2.22 bits per heavy atom. The quantitative estimate of drug-likeness (QED) is 0.775. The van der Waals surface area contributed by atoms with Crippen molar-refractivity contribution in [2.45, 2.75) is 19.8 Å². The average Bonchev–Trinajstić information content (AvgIpc) is 2.96. The first-order valence-electron chi connectivity index (χ1n) is 7.42. The molecule has 7 nitrogen and oxygen atoms in total. The summed E-state index contributed by atoms with van der Waals surface area (Å²) in [4.78, 5) is 36.9. The minimum Gasteiger partial charge on any atom is -0.454 e. The maximum atomic E-state index is 12.0. The van der Waals surface area contributed by atoms with E-state index >= 15 is 0 Å². The normalized spacial score (nSPS) is 17.7. The first kappa shape index (κ1) is 17.5. The number of nitrogens with zero attached hydrogens (tertiary/aromatic N) is 1. The lowest BCUT2D eigenvalue weighted by atomic mass is 10.0. The lowest BCUT2D eigenvalue weighted by Crippen LogP contribution is -2.42. The van der Waals surface area contributed by atoms with Gasteiger partial charge in [-0.1, -0.05) is 6.92 Å². The molecule has 23 heavy (non-hydrogen) atoms. The second kappa shape index (κ2) is 8.14. The zero-order valence-corrected chi connectivity index (χ0v) is 14.4. The van der Waals surface area contributed by atoms with Crippen LogP contribution in [0.1, 0.15) is 30.3 Å². The molecular formula is C15H19BrN2O5. The highest BCUT2D eigenvalue weighted by Crippen LogP contribution is 2.15. The Hall–Kier alpha value is -1.83. The van der Waals surface area contributed by atoms with Gasteiger partial charge in [0.25, 0.3) is 11.8 Å². The van der Waals surface area contributed by atoms with Crippen molar-refractivity contribution in [1.29, 1.82) is 0 Å². The van der Waals surface area contributed by atoms with Crippen molar-refractivity contribution in [3.63, 3.8) is 0 Å². The summed E-state index contributed by atoms with van der Waals surface area (Å²) in [5.41, 5.74) is 0. The highest BCUT2D eigenvalue weighted by molar-refractivity contribution is 9.10. The maximum Gasteiger partial charge on any atom is 0.325 e. The van der Waals surface area contributed by atoms with Gasteiger partial charge >= 0.3 is 5.97 Å². The first-order valence-corrected chi connectivity index (χ1v) is 8.22. The van der Waals surface area contributed by atoms with Crippen LogP contribution >= 0.6 is 15.9 Å². The maximum absolute atomic E-state index is 12.0. The third kappa shape index (κ3) is 5.38. The SMILES string of the molecule is C[C@@H]1CCCN(C(=O)COC(=O)CNC(=O)c2ccc(Br)o2)C1. The Balaban J connectivity index is 1.68. The summed E-state index contributed by atoms with van der Waals surface area (Å²) in [6.07, 6.45) is 2.08. The fourth-order valence-corrected chi connectivity index (χ4v) is 2.68. The van der Waals surface area contributed by atoms with Gasteiger partial charge in [0.1, 0.15) is 6.54 Å². The number of hydrogen-bond acceptors (Lipinski definition) is 5. The predicted octanol–water partition coefficient (Wildman–Crippen LogP) is 1.57. The molecule has 1 aromatic rings. The molecule has 1 aromatic heterocycles. The molecule has 1 saturated heterocycles. The van der Waals surface area contributed by atoms with Gasteiger partial charge in [0.05, 0.1) is 0 Å². The van der Waals surface area contributed by atoms with Gasteiger partial charge in [-0.25, -0.2) is 0 Å². The van der Waals surface area contributed by atoms with Crippen LogP contribution in [0.15, 0.2) is 21.2 Å². The van der Waals surface area contributed by atoms with Crippen LogP contribution in [0, 0.1) is 5.92 Å². The molecule has 0 saturated carbocycles. The molecule has 0 spiro atoms. The lowest BCUT2D eigenvalue weighted by molar-refractivity contribution is -0.151. The molecule has 0 aliphatic carbocycles. The summed E-state index contributed by atoms with van der Waals surface area (Å²) in [5.74, 6) is -0.837. The van der Waals surface area contributed by atoms with E-state index in [1.807, 2.05) is 0 Å². The second-order valence-corrected chi connectivity index (χ2v) is 6.32. The van der Waals surface area contributed by atoms with Gasteiger partial charge in [-0.3, -0.25) is 14.4 Å². The molecule has 2 heterocycles. The third-order valence-electron chi connectivity index (χ3n) is 3.56. The van der Waals surface area contributed by atoms with Gasteiger partial charge in [-0.2, -0.15) is 0 Å². The number of furan rings is 1. The molecule has 0 aromatic carbocycles. The van der Waals surface area contributed by atoms with Gasteiger partial charge in [0, 0.05) is 13.1 Å². The zero-order chi connectivity index (χ0) is 16.8. The van der Waals surface area contributed by atoms with Crippen molar-refractivity contribution < 1.29 is 23.5 Å². The summed E-state index contributed by atoms with van der Waals surface area (Å²) in [7, 11) is 0. The summed E-state index contributed by atoms with van der Waals surface area (Å²) in [6, 6.07) is 3.05. The van der Waals surface area contributed by atoms with E-state index in [9.17, 15) is 14.4 Å². The van der Waals surface area contributed by atoms with Crippen LogP contribution < -0.4 is 5.32 Å². The van der Waals surface area contributed by atoms with Crippen molar-refractivity contribution in [3.05, 3.63) is 22.6 Å². The fourth-order valence-electron chi connectivity index (χ4n) is 2.38. The van der Waals surface area contributed by atoms with E-state index in [-0.39, 0.29) is 24.8 Å². The van der Waals surface area contributed by atoms with Crippen molar-refractivity contribution in [2.75, 3.05) is 26.2 Å². The Labute approximate surface area is 142 Å². The number of esters is 1. The molecule has 1 atom stereocenters. The van der Waals surface area contributed by atoms with E-state index in [4.69, 9.17) is 9.15 Å². The highest BCUT2D eigenvalue weighted by Gasteiger charge is 2.22. The molecule has 0 unspecified atom stereocenters. The molecule has 0 bridgehead atoms. The summed E-state index contributed by atoms with van der Waals surface area (Å²) in [5, 5.41) is 2.37. The van der Waals surface area contributed by atoms with E-state index in [1.165, 1.54) is 6.07 Å². The van der Waals surface area contributed by atoms with Crippen molar-refractivity contribution in [1.82, 2.24) is 10.2 Å². The average molecular weight is 387 g/mol. The minimum absolute atomic E-state index is 0.0862. The molecule has 1 fully saturated rings. The number of amides is 2. The number of rotatable bonds is 5. The molecule has 2 rings (SSSR count). The van der Waals surface area contributed by atoms with E-state index in [0.717, 1.165) is 12.8 Å². The molecule has 1 aliphatic heterocycles.